The zero-order valence-corrected chi connectivity index (χ0v) is 13.7. The first-order chi connectivity index (χ1) is 12.8. The van der Waals surface area contributed by atoms with E-state index in [0.29, 0.717) is 22.8 Å². The van der Waals surface area contributed by atoms with Crippen LogP contribution in [-0.4, -0.2) is 17.1 Å². The van der Waals surface area contributed by atoms with Gasteiger partial charge in [-0.15, -0.1) is 0 Å². The molecular formula is C18H10F5N3O. The van der Waals surface area contributed by atoms with Gasteiger partial charge in [0.25, 0.3) is 5.91 Å². The van der Waals surface area contributed by atoms with Crippen LogP contribution in [0, 0.1) is 36.0 Å². The number of para-hydroxylation sites is 1. The second-order valence-corrected chi connectivity index (χ2v) is 5.51. The number of nitrogens with zero attached hydrogens (tertiary/aromatic N) is 2. The van der Waals surface area contributed by atoms with E-state index in [1.165, 1.54) is 6.07 Å². The van der Waals surface area contributed by atoms with Crippen LogP contribution < -0.4 is 5.43 Å². The first-order valence-electron chi connectivity index (χ1n) is 7.52. The third kappa shape index (κ3) is 3.35. The van der Waals surface area contributed by atoms with Crippen molar-refractivity contribution in [1.29, 1.82) is 0 Å². The summed E-state index contributed by atoms with van der Waals surface area (Å²) in [4.78, 5) is 16.6. The highest BCUT2D eigenvalue weighted by Crippen LogP contribution is 2.22. The molecule has 0 spiro atoms. The average molecular weight is 379 g/mol. The summed E-state index contributed by atoms with van der Waals surface area (Å²) >= 11 is 0. The summed E-state index contributed by atoms with van der Waals surface area (Å²) in [5.41, 5.74) is 2.02. The van der Waals surface area contributed by atoms with Crippen molar-refractivity contribution in [3.05, 3.63) is 76.2 Å². The van der Waals surface area contributed by atoms with Crippen molar-refractivity contribution in [2.45, 2.75) is 6.92 Å². The minimum absolute atomic E-state index is 0.188. The number of nitrogens with one attached hydrogen (secondary N) is 1. The molecule has 4 nitrogen and oxygen atoms in total. The minimum atomic E-state index is -2.27. The van der Waals surface area contributed by atoms with Crippen LogP contribution in [0.3, 0.4) is 0 Å². The lowest BCUT2D eigenvalue weighted by Gasteiger charge is -2.07. The highest BCUT2D eigenvalue weighted by atomic mass is 19.2. The molecule has 3 aromatic rings. The summed E-state index contributed by atoms with van der Waals surface area (Å²) in [7, 11) is 0. The maximum Gasteiger partial charge on any atom is 0.272 e. The largest absolute Gasteiger partial charge is 0.272 e. The Morgan fingerprint density at radius 3 is 2.26 bits per heavy atom. The summed E-state index contributed by atoms with van der Waals surface area (Å²) in [5.74, 6) is -11.3. The first kappa shape index (κ1) is 18.4. The summed E-state index contributed by atoms with van der Waals surface area (Å²) < 4.78 is 66.5. The minimum Gasteiger partial charge on any atom is -0.267 e. The molecule has 0 fully saturated rings. The van der Waals surface area contributed by atoms with Gasteiger partial charge in [-0.25, -0.2) is 27.4 Å². The molecule has 3 rings (SSSR count). The molecule has 1 amide bonds. The fourth-order valence-electron chi connectivity index (χ4n) is 2.45. The van der Waals surface area contributed by atoms with Crippen molar-refractivity contribution < 1.29 is 26.7 Å². The molecule has 0 atom stereocenters. The summed E-state index contributed by atoms with van der Waals surface area (Å²) in [6.45, 7) is 1.67. The number of aromatic nitrogens is 1. The van der Waals surface area contributed by atoms with Crippen LogP contribution in [0.1, 0.15) is 21.6 Å². The molecule has 0 radical (unpaired) electrons. The average Bonchev–Trinajstić information content (AvgIpc) is 2.66. The number of hydrogen-bond donors (Lipinski definition) is 1. The molecule has 0 saturated carbocycles. The Bertz CT molecular complexity index is 1070. The normalized spacial score (nSPS) is 11.3. The monoisotopic (exact) mass is 379 g/mol. The molecule has 2 aromatic carbocycles. The predicted molar refractivity (Wildman–Crippen MR) is 87.8 cm³/mol. The van der Waals surface area contributed by atoms with Crippen molar-refractivity contribution in [3.8, 4) is 0 Å². The summed E-state index contributed by atoms with van der Waals surface area (Å²) in [5, 5.41) is 3.81. The van der Waals surface area contributed by atoms with E-state index < -0.39 is 40.6 Å². The molecule has 1 aromatic heterocycles. The highest BCUT2D eigenvalue weighted by Gasteiger charge is 2.24. The van der Waals surface area contributed by atoms with E-state index in [-0.39, 0.29) is 5.56 Å². The standard InChI is InChI=1S/C18H10F5N3O/c1-8-6-10(9-4-2-3-5-12(9)25-8)18(27)26-24-7-11-13(19)15(21)17(23)16(22)14(11)20/h2-7H,1H3,(H,26,27). The number of carbonyl (C=O) groups excluding carboxylic acids is 1. The quantitative estimate of drug-likeness (QED) is 0.246. The number of halogens is 5. The van der Waals surface area contributed by atoms with Gasteiger partial charge in [-0.3, -0.25) is 9.78 Å². The number of fused-ring (bicyclic) bond motifs is 1. The topological polar surface area (TPSA) is 54.4 Å². The Hall–Kier alpha value is -3.36. The van der Waals surface area contributed by atoms with E-state index in [1.54, 1.807) is 31.2 Å². The molecule has 0 aliphatic rings. The molecular weight excluding hydrogens is 369 g/mol. The van der Waals surface area contributed by atoms with Crippen molar-refractivity contribution in [2.75, 3.05) is 0 Å². The highest BCUT2D eigenvalue weighted by molar-refractivity contribution is 6.06. The number of benzene rings is 2. The van der Waals surface area contributed by atoms with Gasteiger partial charge < -0.3 is 0 Å². The number of rotatable bonds is 3. The van der Waals surface area contributed by atoms with E-state index >= 15 is 0 Å². The van der Waals surface area contributed by atoms with E-state index in [0.717, 1.165) is 0 Å². The molecule has 0 unspecified atom stereocenters. The SMILES string of the molecule is Cc1cc(C(=O)NN=Cc2c(F)c(F)c(F)c(F)c2F)c2ccccc2n1. The van der Waals surface area contributed by atoms with Crippen LogP contribution >= 0.6 is 0 Å². The number of pyridine rings is 1. The number of aryl methyl sites for hydroxylation is 1. The van der Waals surface area contributed by atoms with Crippen LogP contribution in [0.15, 0.2) is 35.4 Å². The van der Waals surface area contributed by atoms with Crippen molar-refractivity contribution in [3.63, 3.8) is 0 Å². The van der Waals surface area contributed by atoms with Gasteiger partial charge in [0.1, 0.15) is 0 Å². The number of hydrazone groups is 1. The predicted octanol–water partition coefficient (Wildman–Crippen LogP) is 4.00. The molecule has 138 valence electrons. The molecule has 0 aliphatic carbocycles. The van der Waals surface area contributed by atoms with E-state index in [4.69, 9.17) is 0 Å². The third-order valence-electron chi connectivity index (χ3n) is 3.69. The lowest BCUT2D eigenvalue weighted by atomic mass is 10.1. The second-order valence-electron chi connectivity index (χ2n) is 5.51. The Balaban J connectivity index is 1.92. The molecule has 1 N–H and O–H groups in total. The molecule has 27 heavy (non-hydrogen) atoms. The van der Waals surface area contributed by atoms with Crippen molar-refractivity contribution in [1.82, 2.24) is 10.4 Å². The van der Waals surface area contributed by atoms with Crippen LogP contribution in [0.4, 0.5) is 22.0 Å². The van der Waals surface area contributed by atoms with E-state index in [9.17, 15) is 26.7 Å². The van der Waals surface area contributed by atoms with Gasteiger partial charge in [0.05, 0.1) is 22.9 Å². The Morgan fingerprint density at radius 1 is 1.00 bits per heavy atom. The molecule has 9 heteroatoms. The summed E-state index contributed by atoms with van der Waals surface area (Å²) in [6, 6.07) is 8.24. The number of amides is 1. The smallest absolute Gasteiger partial charge is 0.267 e. The van der Waals surface area contributed by atoms with Crippen molar-refractivity contribution >= 4 is 23.0 Å². The van der Waals surface area contributed by atoms with Gasteiger partial charge in [0.15, 0.2) is 23.3 Å². The second kappa shape index (κ2) is 7.10. The Labute approximate surface area is 149 Å². The lowest BCUT2D eigenvalue weighted by molar-refractivity contribution is 0.0956. The van der Waals surface area contributed by atoms with Crippen LogP contribution in [0.25, 0.3) is 10.9 Å². The Morgan fingerprint density at radius 2 is 1.59 bits per heavy atom. The van der Waals surface area contributed by atoms with E-state index in [1.807, 2.05) is 5.43 Å². The van der Waals surface area contributed by atoms with Crippen LogP contribution in [-0.2, 0) is 0 Å². The fourth-order valence-corrected chi connectivity index (χ4v) is 2.45. The van der Waals surface area contributed by atoms with Gasteiger partial charge in [-0.05, 0) is 19.1 Å². The van der Waals surface area contributed by atoms with Crippen LogP contribution in [0.2, 0.25) is 0 Å². The third-order valence-corrected chi connectivity index (χ3v) is 3.69. The maximum atomic E-state index is 13.6. The maximum absolute atomic E-state index is 13.6. The Kier molecular flexibility index (Phi) is 4.85. The number of hydrogen-bond acceptors (Lipinski definition) is 3. The van der Waals surface area contributed by atoms with Gasteiger partial charge in [0, 0.05) is 11.1 Å². The van der Waals surface area contributed by atoms with Gasteiger partial charge in [-0.2, -0.15) is 5.10 Å². The molecule has 0 bridgehead atoms. The lowest BCUT2D eigenvalue weighted by Crippen LogP contribution is -2.19. The van der Waals surface area contributed by atoms with Gasteiger partial charge in [-0.1, -0.05) is 18.2 Å². The summed E-state index contributed by atoms with van der Waals surface area (Å²) in [6.07, 6.45) is 0.352. The van der Waals surface area contributed by atoms with Gasteiger partial charge >= 0.3 is 0 Å². The first-order valence-corrected chi connectivity index (χ1v) is 7.52. The fraction of sp³-hybridized carbons (Fsp3) is 0.0556. The van der Waals surface area contributed by atoms with Crippen LogP contribution in [0.5, 0.6) is 0 Å². The zero-order valence-electron chi connectivity index (χ0n) is 13.7. The van der Waals surface area contributed by atoms with E-state index in [2.05, 4.69) is 10.1 Å². The molecule has 1 heterocycles. The van der Waals surface area contributed by atoms with Crippen molar-refractivity contribution in [2.24, 2.45) is 5.10 Å². The molecule has 0 aliphatic heterocycles. The zero-order chi connectivity index (χ0) is 19.7. The van der Waals surface area contributed by atoms with Gasteiger partial charge in [0.2, 0.25) is 5.82 Å². The molecule has 0 saturated heterocycles. The number of carbonyl (C=O) groups is 1.